The summed E-state index contributed by atoms with van der Waals surface area (Å²) >= 11 is 3.33. The Labute approximate surface area is 137 Å². The number of hydrogen-bond acceptors (Lipinski definition) is 4. The highest BCUT2D eigenvalue weighted by Crippen LogP contribution is 2.15. The minimum absolute atomic E-state index is 0.102. The molecule has 2 aromatic carbocycles. The second-order valence-electron chi connectivity index (χ2n) is 4.60. The molecular formula is C16H16BrN3O2. The Morgan fingerprint density at radius 1 is 1.27 bits per heavy atom. The van der Waals surface area contributed by atoms with Gasteiger partial charge in [-0.05, 0) is 48.9 Å². The van der Waals surface area contributed by atoms with Gasteiger partial charge >= 0.3 is 0 Å². The van der Waals surface area contributed by atoms with Crippen molar-refractivity contribution in [2.24, 2.45) is 5.10 Å². The van der Waals surface area contributed by atoms with E-state index in [-0.39, 0.29) is 12.5 Å². The van der Waals surface area contributed by atoms with Crippen molar-refractivity contribution in [3.63, 3.8) is 0 Å². The first kappa shape index (κ1) is 16.0. The summed E-state index contributed by atoms with van der Waals surface area (Å²) in [4.78, 5) is 11.7. The van der Waals surface area contributed by atoms with E-state index in [1.54, 1.807) is 31.2 Å². The van der Waals surface area contributed by atoms with E-state index in [1.807, 2.05) is 24.3 Å². The van der Waals surface area contributed by atoms with Gasteiger partial charge in [0.2, 0.25) is 0 Å². The number of ether oxygens (including phenoxy) is 1. The van der Waals surface area contributed by atoms with Gasteiger partial charge in [-0.2, -0.15) is 5.10 Å². The van der Waals surface area contributed by atoms with Crippen molar-refractivity contribution in [2.45, 2.75) is 6.92 Å². The molecule has 0 spiro atoms. The van der Waals surface area contributed by atoms with Crippen LogP contribution in [-0.2, 0) is 4.79 Å². The van der Waals surface area contributed by atoms with Gasteiger partial charge in [-0.25, -0.2) is 5.43 Å². The summed E-state index contributed by atoms with van der Waals surface area (Å²) in [6.45, 7) is 1.69. The van der Waals surface area contributed by atoms with Crippen LogP contribution in [0, 0.1) is 0 Å². The fourth-order valence-electron chi connectivity index (χ4n) is 1.69. The maximum Gasteiger partial charge on any atom is 0.277 e. The first-order valence-corrected chi connectivity index (χ1v) is 7.41. The van der Waals surface area contributed by atoms with Crippen LogP contribution in [0.2, 0.25) is 0 Å². The van der Waals surface area contributed by atoms with Gasteiger partial charge in [-0.15, -0.1) is 0 Å². The van der Waals surface area contributed by atoms with E-state index in [9.17, 15) is 4.79 Å². The van der Waals surface area contributed by atoms with Gasteiger partial charge in [0.15, 0.2) is 6.61 Å². The Morgan fingerprint density at radius 3 is 2.68 bits per heavy atom. The second kappa shape index (κ2) is 7.61. The van der Waals surface area contributed by atoms with Crippen molar-refractivity contribution in [1.29, 1.82) is 0 Å². The summed E-state index contributed by atoms with van der Waals surface area (Å²) in [7, 11) is 0. The van der Waals surface area contributed by atoms with E-state index in [0.717, 1.165) is 10.0 Å². The maximum atomic E-state index is 11.7. The minimum atomic E-state index is -0.328. The molecule has 0 aliphatic carbocycles. The summed E-state index contributed by atoms with van der Waals surface area (Å²) in [6.07, 6.45) is 0. The molecule has 6 heteroatoms. The summed E-state index contributed by atoms with van der Waals surface area (Å²) in [5.74, 6) is 0.293. The summed E-state index contributed by atoms with van der Waals surface area (Å²) in [5.41, 5.74) is 10.3. The Morgan fingerprint density at radius 2 is 2.00 bits per heavy atom. The van der Waals surface area contributed by atoms with Crippen molar-refractivity contribution in [1.82, 2.24) is 5.43 Å². The molecule has 0 heterocycles. The van der Waals surface area contributed by atoms with Gasteiger partial charge in [0, 0.05) is 10.2 Å². The second-order valence-corrected chi connectivity index (χ2v) is 5.52. The number of nitrogens with two attached hydrogens (primary N) is 1. The van der Waals surface area contributed by atoms with E-state index in [2.05, 4.69) is 26.5 Å². The number of benzene rings is 2. The number of halogens is 1. The van der Waals surface area contributed by atoms with Crippen LogP contribution < -0.4 is 15.9 Å². The molecule has 2 aromatic rings. The molecule has 0 aliphatic rings. The first-order chi connectivity index (χ1) is 10.5. The molecule has 5 nitrogen and oxygen atoms in total. The van der Waals surface area contributed by atoms with Crippen LogP contribution in [0.5, 0.6) is 5.75 Å². The predicted molar refractivity (Wildman–Crippen MR) is 90.8 cm³/mol. The van der Waals surface area contributed by atoms with Crippen LogP contribution in [0.3, 0.4) is 0 Å². The average molecular weight is 362 g/mol. The van der Waals surface area contributed by atoms with E-state index in [1.165, 1.54) is 0 Å². The van der Waals surface area contributed by atoms with Gasteiger partial charge in [-0.3, -0.25) is 4.79 Å². The number of hydrogen-bond donors (Lipinski definition) is 2. The normalized spacial score (nSPS) is 11.1. The third-order valence-electron chi connectivity index (χ3n) is 2.84. The lowest BCUT2D eigenvalue weighted by molar-refractivity contribution is -0.123. The molecule has 0 aliphatic heterocycles. The SMILES string of the molecule is C/C(=N\NC(=O)COc1ccc(Br)cc1)c1cccc(N)c1. The number of amides is 1. The van der Waals surface area contributed by atoms with Gasteiger partial charge in [0.05, 0.1) is 5.71 Å². The number of anilines is 1. The Balaban J connectivity index is 1.86. The van der Waals surface area contributed by atoms with Crippen LogP contribution in [0.15, 0.2) is 58.1 Å². The molecule has 0 saturated carbocycles. The fourth-order valence-corrected chi connectivity index (χ4v) is 1.95. The maximum absolute atomic E-state index is 11.7. The smallest absolute Gasteiger partial charge is 0.277 e. The number of nitrogens with zero attached hydrogens (tertiary/aromatic N) is 1. The fraction of sp³-hybridized carbons (Fsp3) is 0.125. The van der Waals surface area contributed by atoms with E-state index in [0.29, 0.717) is 17.1 Å². The zero-order valence-electron chi connectivity index (χ0n) is 12.0. The summed E-state index contributed by atoms with van der Waals surface area (Å²) in [6, 6.07) is 14.5. The molecule has 2 rings (SSSR count). The molecule has 0 radical (unpaired) electrons. The predicted octanol–water partition coefficient (Wildman–Crippen LogP) is 2.95. The van der Waals surface area contributed by atoms with Crippen LogP contribution >= 0.6 is 15.9 Å². The van der Waals surface area contributed by atoms with Crippen molar-refractivity contribution >= 4 is 33.2 Å². The highest BCUT2D eigenvalue weighted by molar-refractivity contribution is 9.10. The van der Waals surface area contributed by atoms with E-state index >= 15 is 0 Å². The zero-order valence-corrected chi connectivity index (χ0v) is 13.6. The molecule has 0 unspecified atom stereocenters. The number of carbonyl (C=O) groups excluding carboxylic acids is 1. The average Bonchev–Trinajstić information content (AvgIpc) is 2.52. The van der Waals surface area contributed by atoms with Crippen molar-refractivity contribution in [3.8, 4) is 5.75 Å². The first-order valence-electron chi connectivity index (χ1n) is 6.62. The third kappa shape index (κ3) is 4.89. The number of nitrogens with one attached hydrogen (secondary N) is 1. The van der Waals surface area contributed by atoms with Crippen molar-refractivity contribution < 1.29 is 9.53 Å². The van der Waals surface area contributed by atoms with Gasteiger partial charge in [0.1, 0.15) is 5.75 Å². The topological polar surface area (TPSA) is 76.7 Å². The summed E-state index contributed by atoms with van der Waals surface area (Å²) in [5, 5.41) is 4.04. The minimum Gasteiger partial charge on any atom is -0.484 e. The number of nitrogen functional groups attached to an aromatic ring is 1. The zero-order chi connectivity index (χ0) is 15.9. The van der Waals surface area contributed by atoms with Crippen LogP contribution in [0.4, 0.5) is 5.69 Å². The number of hydrazone groups is 1. The lowest BCUT2D eigenvalue weighted by Crippen LogP contribution is -2.25. The monoisotopic (exact) mass is 361 g/mol. The van der Waals surface area contributed by atoms with Gasteiger partial charge < -0.3 is 10.5 Å². The molecule has 0 saturated heterocycles. The highest BCUT2D eigenvalue weighted by Gasteiger charge is 2.03. The lowest BCUT2D eigenvalue weighted by atomic mass is 10.1. The summed E-state index contributed by atoms with van der Waals surface area (Å²) < 4.78 is 6.31. The molecule has 22 heavy (non-hydrogen) atoms. The van der Waals surface area contributed by atoms with Crippen LogP contribution in [0.25, 0.3) is 0 Å². The molecule has 0 aromatic heterocycles. The number of rotatable bonds is 5. The number of carbonyl (C=O) groups is 1. The van der Waals surface area contributed by atoms with Gasteiger partial charge in [0.25, 0.3) is 5.91 Å². The van der Waals surface area contributed by atoms with E-state index in [4.69, 9.17) is 10.5 Å². The standard InChI is InChI=1S/C16H16BrN3O2/c1-11(12-3-2-4-14(18)9-12)19-20-16(21)10-22-15-7-5-13(17)6-8-15/h2-9H,10,18H2,1H3,(H,20,21)/b19-11+. The molecule has 0 atom stereocenters. The highest BCUT2D eigenvalue weighted by atomic mass is 79.9. The molecular weight excluding hydrogens is 346 g/mol. The van der Waals surface area contributed by atoms with Crippen molar-refractivity contribution in [3.05, 3.63) is 58.6 Å². The molecule has 1 amide bonds. The Bertz CT molecular complexity index is 684. The van der Waals surface area contributed by atoms with Crippen LogP contribution in [0.1, 0.15) is 12.5 Å². The molecule has 0 fully saturated rings. The largest absolute Gasteiger partial charge is 0.484 e. The quantitative estimate of drug-likeness (QED) is 0.488. The Hall–Kier alpha value is -2.34. The molecule has 114 valence electrons. The molecule has 3 N–H and O–H groups in total. The van der Waals surface area contributed by atoms with E-state index < -0.39 is 0 Å². The third-order valence-corrected chi connectivity index (χ3v) is 3.36. The lowest BCUT2D eigenvalue weighted by Gasteiger charge is -2.06. The molecule has 0 bridgehead atoms. The van der Waals surface area contributed by atoms with Gasteiger partial charge in [-0.1, -0.05) is 28.1 Å². The Kier molecular flexibility index (Phi) is 5.55. The van der Waals surface area contributed by atoms with Crippen molar-refractivity contribution in [2.75, 3.05) is 12.3 Å². The van der Waals surface area contributed by atoms with Crippen LogP contribution in [-0.4, -0.2) is 18.2 Å².